The van der Waals surface area contributed by atoms with E-state index in [9.17, 15) is 0 Å². The molecule has 1 heterocycles. The van der Waals surface area contributed by atoms with Gasteiger partial charge < -0.3 is 0 Å². The van der Waals surface area contributed by atoms with Gasteiger partial charge in [-0.3, -0.25) is 0 Å². The Morgan fingerprint density at radius 2 is 1.82 bits per heavy atom. The Labute approximate surface area is 132 Å². The molecule has 2 aromatic carbocycles. The van der Waals surface area contributed by atoms with E-state index in [2.05, 4.69) is 63.2 Å². The molecular formula is C21H23O+. The largest absolute Gasteiger partial charge is 0.360 e. The summed E-state index contributed by atoms with van der Waals surface area (Å²) < 4.78 is 6.43. The van der Waals surface area contributed by atoms with Gasteiger partial charge in [-0.05, 0) is 47.6 Å². The summed E-state index contributed by atoms with van der Waals surface area (Å²) in [6.07, 6.45) is 3.64. The van der Waals surface area contributed by atoms with Crippen molar-refractivity contribution in [3.8, 4) is 0 Å². The Morgan fingerprint density at radius 1 is 1.00 bits per heavy atom. The molecule has 1 nitrogen and oxygen atoms in total. The molecule has 1 aliphatic rings. The van der Waals surface area contributed by atoms with Gasteiger partial charge in [-0.15, -0.1) is 0 Å². The Balaban J connectivity index is 2.00. The van der Waals surface area contributed by atoms with Crippen molar-refractivity contribution >= 4 is 21.7 Å². The quantitative estimate of drug-likeness (QED) is 0.348. The monoisotopic (exact) mass is 291 g/mol. The molecule has 0 bridgehead atoms. The van der Waals surface area contributed by atoms with Crippen LogP contribution in [0.15, 0.2) is 46.9 Å². The van der Waals surface area contributed by atoms with E-state index in [0.29, 0.717) is 5.92 Å². The van der Waals surface area contributed by atoms with Crippen LogP contribution in [0.25, 0.3) is 21.7 Å². The Hall–Kier alpha value is -1.89. The van der Waals surface area contributed by atoms with Crippen LogP contribution in [0, 0.1) is 5.41 Å². The Bertz CT molecular complexity index is 855. The molecule has 1 heteroatoms. The molecule has 1 aromatic heterocycles. The zero-order valence-corrected chi connectivity index (χ0v) is 13.6. The topological polar surface area (TPSA) is 11.3 Å². The fourth-order valence-electron chi connectivity index (χ4n) is 3.89. The van der Waals surface area contributed by atoms with Gasteiger partial charge in [0.2, 0.25) is 0 Å². The standard InChI is InChI=1S/C21H23O/c1-21(2,3)18-10-6-8-15-13-17-16-9-5-4-7-14(16)11-12-19(17)22-20(15)18/h4-5,7,9,11-13,18H,6,8,10H2,1-3H3/q+1. The van der Waals surface area contributed by atoms with E-state index in [1.807, 2.05) is 0 Å². The number of benzene rings is 2. The second-order valence-corrected chi connectivity index (χ2v) is 7.65. The van der Waals surface area contributed by atoms with Crippen molar-refractivity contribution in [3.05, 3.63) is 53.8 Å². The van der Waals surface area contributed by atoms with Crippen LogP contribution in [0.4, 0.5) is 0 Å². The molecule has 1 atom stereocenters. The molecule has 0 radical (unpaired) electrons. The van der Waals surface area contributed by atoms with Crippen LogP contribution >= 0.6 is 0 Å². The van der Waals surface area contributed by atoms with Crippen molar-refractivity contribution < 1.29 is 4.42 Å². The number of fused-ring (bicyclic) bond motifs is 4. The first-order chi connectivity index (χ1) is 10.5. The van der Waals surface area contributed by atoms with Crippen LogP contribution in [0.1, 0.15) is 50.9 Å². The Morgan fingerprint density at radius 3 is 2.64 bits per heavy atom. The van der Waals surface area contributed by atoms with Crippen molar-refractivity contribution in [1.82, 2.24) is 0 Å². The summed E-state index contributed by atoms with van der Waals surface area (Å²) in [6, 6.07) is 15.3. The molecule has 1 unspecified atom stereocenters. The highest BCUT2D eigenvalue weighted by Crippen LogP contribution is 2.45. The van der Waals surface area contributed by atoms with Gasteiger partial charge in [0.15, 0.2) is 0 Å². The number of rotatable bonds is 0. The molecule has 3 aromatic rings. The zero-order valence-electron chi connectivity index (χ0n) is 13.6. The van der Waals surface area contributed by atoms with Crippen LogP contribution in [0.5, 0.6) is 0 Å². The first-order valence-electron chi connectivity index (χ1n) is 8.31. The summed E-state index contributed by atoms with van der Waals surface area (Å²) in [5.41, 5.74) is 2.69. The summed E-state index contributed by atoms with van der Waals surface area (Å²) >= 11 is 0. The lowest BCUT2D eigenvalue weighted by Gasteiger charge is -2.29. The second-order valence-electron chi connectivity index (χ2n) is 7.65. The SMILES string of the molecule is CC(C)(C)C1CCCc2cc3c(ccc4ccccc43)[o+]c21. The average Bonchev–Trinajstić information content (AvgIpc) is 2.51. The summed E-state index contributed by atoms with van der Waals surface area (Å²) in [5.74, 6) is 1.74. The molecule has 0 saturated carbocycles. The van der Waals surface area contributed by atoms with Crippen LogP contribution < -0.4 is 0 Å². The van der Waals surface area contributed by atoms with E-state index in [1.165, 1.54) is 40.3 Å². The van der Waals surface area contributed by atoms with Gasteiger partial charge in [0.05, 0.1) is 16.9 Å². The van der Waals surface area contributed by atoms with Crippen molar-refractivity contribution in [3.63, 3.8) is 0 Å². The zero-order chi connectivity index (χ0) is 15.3. The summed E-state index contributed by atoms with van der Waals surface area (Å²) in [7, 11) is 0. The van der Waals surface area contributed by atoms with E-state index in [4.69, 9.17) is 4.42 Å². The molecule has 112 valence electrons. The summed E-state index contributed by atoms with van der Waals surface area (Å²) in [4.78, 5) is 0. The lowest BCUT2D eigenvalue weighted by Crippen LogP contribution is -2.23. The molecular weight excluding hydrogens is 268 g/mol. The molecule has 0 N–H and O–H groups in total. The maximum atomic E-state index is 6.43. The van der Waals surface area contributed by atoms with Crippen LogP contribution in [-0.2, 0) is 6.42 Å². The maximum absolute atomic E-state index is 6.43. The molecule has 0 amide bonds. The van der Waals surface area contributed by atoms with Gasteiger partial charge in [-0.25, -0.2) is 4.42 Å². The fourth-order valence-corrected chi connectivity index (χ4v) is 3.89. The molecule has 0 aliphatic heterocycles. The van der Waals surface area contributed by atoms with E-state index in [-0.39, 0.29) is 5.41 Å². The lowest BCUT2D eigenvalue weighted by atomic mass is 9.72. The minimum Gasteiger partial charge on any atom is -0.212 e. The molecule has 0 spiro atoms. The predicted molar refractivity (Wildman–Crippen MR) is 93.3 cm³/mol. The summed E-state index contributed by atoms with van der Waals surface area (Å²) in [6.45, 7) is 6.98. The van der Waals surface area contributed by atoms with Crippen LogP contribution in [0.3, 0.4) is 0 Å². The van der Waals surface area contributed by atoms with E-state index >= 15 is 0 Å². The fraction of sp³-hybridized carbons (Fsp3) is 0.381. The third kappa shape index (κ3) is 2.11. The number of hydrogen-bond donors (Lipinski definition) is 0. The normalized spacial score (nSPS) is 18.6. The van der Waals surface area contributed by atoms with Gasteiger partial charge in [0.1, 0.15) is 0 Å². The third-order valence-electron chi connectivity index (χ3n) is 5.09. The number of aryl methyl sites for hydroxylation is 1. The van der Waals surface area contributed by atoms with Crippen LogP contribution in [0.2, 0.25) is 0 Å². The van der Waals surface area contributed by atoms with Gasteiger partial charge in [-0.2, -0.15) is 0 Å². The first kappa shape index (κ1) is 13.8. The molecule has 0 fully saturated rings. The highest BCUT2D eigenvalue weighted by Gasteiger charge is 2.39. The highest BCUT2D eigenvalue weighted by atomic mass is 16.3. The smallest absolute Gasteiger partial charge is 0.212 e. The third-order valence-corrected chi connectivity index (χ3v) is 5.09. The first-order valence-corrected chi connectivity index (χ1v) is 8.31. The Kier molecular flexibility index (Phi) is 3.00. The second kappa shape index (κ2) is 4.81. The van der Waals surface area contributed by atoms with Gasteiger partial charge in [0.25, 0.3) is 0 Å². The van der Waals surface area contributed by atoms with Crippen LogP contribution in [-0.4, -0.2) is 0 Å². The maximum Gasteiger partial charge on any atom is 0.360 e. The lowest BCUT2D eigenvalue weighted by molar-refractivity contribution is 0.250. The van der Waals surface area contributed by atoms with E-state index < -0.39 is 0 Å². The summed E-state index contributed by atoms with van der Waals surface area (Å²) in [5, 5.41) is 3.84. The van der Waals surface area contributed by atoms with E-state index in [0.717, 1.165) is 12.0 Å². The molecule has 4 rings (SSSR count). The highest BCUT2D eigenvalue weighted by molar-refractivity contribution is 6.05. The van der Waals surface area contributed by atoms with Gasteiger partial charge >= 0.3 is 11.3 Å². The average molecular weight is 291 g/mol. The van der Waals surface area contributed by atoms with E-state index in [1.54, 1.807) is 0 Å². The molecule has 22 heavy (non-hydrogen) atoms. The van der Waals surface area contributed by atoms with Gasteiger partial charge in [0, 0.05) is 6.07 Å². The molecule has 0 saturated heterocycles. The molecule has 1 aliphatic carbocycles. The van der Waals surface area contributed by atoms with Gasteiger partial charge in [-0.1, -0.05) is 45.0 Å². The van der Waals surface area contributed by atoms with Crippen molar-refractivity contribution in [2.45, 2.75) is 46.0 Å². The predicted octanol–water partition coefficient (Wildman–Crippen LogP) is 6.33. The minimum atomic E-state index is 0.253. The minimum absolute atomic E-state index is 0.253. The van der Waals surface area contributed by atoms with Crippen molar-refractivity contribution in [1.29, 1.82) is 0 Å². The number of hydrogen-bond acceptors (Lipinski definition) is 0. The van der Waals surface area contributed by atoms with Crippen molar-refractivity contribution in [2.24, 2.45) is 5.41 Å². The van der Waals surface area contributed by atoms with Crippen molar-refractivity contribution in [2.75, 3.05) is 0 Å².